The number of rotatable bonds is 2. The normalized spacial score (nSPS) is 23.2. The number of hydrogen-bond donors (Lipinski definition) is 1. The summed E-state index contributed by atoms with van der Waals surface area (Å²) in [5.74, 6) is 0.119. The molecule has 0 aliphatic carbocycles. The van der Waals surface area contributed by atoms with Gasteiger partial charge in [-0.05, 0) is 42.8 Å². The fourth-order valence-corrected chi connectivity index (χ4v) is 3.21. The Kier molecular flexibility index (Phi) is 2.56. The summed E-state index contributed by atoms with van der Waals surface area (Å²) in [6, 6.07) is 0. The first-order chi connectivity index (χ1) is 6.61. The molecule has 0 atom stereocenters. The van der Waals surface area contributed by atoms with Crippen LogP contribution in [0.15, 0.2) is 21.2 Å². The number of halogens is 3. The SMILES string of the molecule is OCCC1=CC2=C(OC(F)(F)O2)I=C1. The molecule has 0 unspecified atom stereocenters. The van der Waals surface area contributed by atoms with Crippen molar-refractivity contribution in [2.24, 2.45) is 0 Å². The molecule has 0 aromatic carbocycles. The molecule has 0 aromatic rings. The van der Waals surface area contributed by atoms with E-state index in [2.05, 4.69) is 9.47 Å². The number of allylic oxidation sites excluding steroid dienone is 1. The zero-order chi connectivity index (χ0) is 10.2. The van der Waals surface area contributed by atoms with E-state index < -0.39 is 27.0 Å². The van der Waals surface area contributed by atoms with Gasteiger partial charge in [0.25, 0.3) is 0 Å². The van der Waals surface area contributed by atoms with Crippen molar-refractivity contribution < 1.29 is 23.4 Å². The van der Waals surface area contributed by atoms with Crippen molar-refractivity contribution in [1.82, 2.24) is 0 Å². The van der Waals surface area contributed by atoms with Crippen LogP contribution in [0.4, 0.5) is 8.78 Å². The Bertz CT molecular complexity index is 346. The van der Waals surface area contributed by atoms with E-state index in [4.69, 9.17) is 5.11 Å². The largest absolute Gasteiger partial charge is 0.586 e. The van der Waals surface area contributed by atoms with Gasteiger partial charge in [0, 0.05) is 6.61 Å². The minimum atomic E-state index is -3.51. The summed E-state index contributed by atoms with van der Waals surface area (Å²) in [4.78, 5) is 0. The van der Waals surface area contributed by atoms with Crippen LogP contribution in [-0.2, 0) is 9.47 Å². The van der Waals surface area contributed by atoms with E-state index in [0.717, 1.165) is 5.57 Å². The molecule has 2 rings (SSSR count). The predicted octanol–water partition coefficient (Wildman–Crippen LogP) is 1.85. The second-order valence-corrected chi connectivity index (χ2v) is 4.94. The van der Waals surface area contributed by atoms with E-state index in [0.29, 0.717) is 6.42 Å². The van der Waals surface area contributed by atoms with Crippen LogP contribution in [0.2, 0.25) is 0 Å². The van der Waals surface area contributed by atoms with Crippen LogP contribution in [0, 0.1) is 0 Å². The van der Waals surface area contributed by atoms with Crippen molar-refractivity contribution in [1.29, 1.82) is 0 Å². The molecule has 1 N–H and O–H groups in total. The highest BCUT2D eigenvalue weighted by molar-refractivity contribution is 14.2. The van der Waals surface area contributed by atoms with Gasteiger partial charge in [0.15, 0.2) is 5.76 Å². The maximum absolute atomic E-state index is 12.6. The van der Waals surface area contributed by atoms with E-state index in [9.17, 15) is 8.78 Å². The van der Waals surface area contributed by atoms with Crippen LogP contribution >= 0.6 is 20.7 Å². The average Bonchev–Trinajstić information content (AvgIpc) is 2.38. The highest BCUT2D eigenvalue weighted by Gasteiger charge is 2.44. The highest BCUT2D eigenvalue weighted by Crippen LogP contribution is 2.41. The van der Waals surface area contributed by atoms with Crippen molar-refractivity contribution in [3.63, 3.8) is 0 Å². The molecule has 2 aliphatic heterocycles. The number of hydrogen-bond acceptors (Lipinski definition) is 3. The second kappa shape index (κ2) is 3.58. The van der Waals surface area contributed by atoms with Gasteiger partial charge in [-0.1, -0.05) is 0 Å². The Morgan fingerprint density at radius 1 is 1.43 bits per heavy atom. The quantitative estimate of drug-likeness (QED) is 0.790. The van der Waals surface area contributed by atoms with Gasteiger partial charge in [-0.15, -0.1) is 8.78 Å². The molecule has 2 aliphatic rings. The van der Waals surface area contributed by atoms with Gasteiger partial charge in [-0.2, -0.15) is 0 Å². The molecule has 0 radical (unpaired) electrons. The molecule has 0 aromatic heterocycles. The molecular formula is C8H7F2IO3. The lowest BCUT2D eigenvalue weighted by atomic mass is 10.2. The molecule has 2 heterocycles. The number of ether oxygens (including phenoxy) is 2. The molecule has 14 heavy (non-hydrogen) atoms. The van der Waals surface area contributed by atoms with Crippen molar-refractivity contribution >= 4 is 24.7 Å². The summed E-state index contributed by atoms with van der Waals surface area (Å²) in [6.45, 7) is 0.00589. The topological polar surface area (TPSA) is 38.7 Å². The first kappa shape index (κ1) is 10.0. The molecular weight excluding hydrogens is 309 g/mol. The van der Waals surface area contributed by atoms with Crippen molar-refractivity contribution in [3.05, 3.63) is 21.2 Å². The maximum Gasteiger partial charge on any atom is 0.586 e. The third-order valence-corrected chi connectivity index (χ3v) is 4.07. The molecule has 78 valence electrons. The summed E-state index contributed by atoms with van der Waals surface area (Å²) in [5, 5.41) is 8.68. The molecule has 0 fully saturated rings. The van der Waals surface area contributed by atoms with Gasteiger partial charge in [0.1, 0.15) is 0 Å². The number of aliphatic hydroxyl groups excluding tert-OH is 1. The first-order valence-corrected chi connectivity index (χ1v) is 6.21. The monoisotopic (exact) mass is 316 g/mol. The van der Waals surface area contributed by atoms with Crippen molar-refractivity contribution in [2.75, 3.05) is 6.61 Å². The van der Waals surface area contributed by atoms with E-state index in [1.807, 2.05) is 4.01 Å². The molecule has 0 saturated carbocycles. The molecule has 0 spiro atoms. The lowest BCUT2D eigenvalue weighted by Gasteiger charge is -2.06. The summed E-state index contributed by atoms with van der Waals surface area (Å²) in [7, 11) is 0. The summed E-state index contributed by atoms with van der Waals surface area (Å²) < 4.78 is 35.9. The fraction of sp³-hybridized carbons (Fsp3) is 0.375. The zero-order valence-electron chi connectivity index (χ0n) is 6.97. The van der Waals surface area contributed by atoms with Gasteiger partial charge in [-0.3, -0.25) is 0 Å². The summed E-state index contributed by atoms with van der Waals surface area (Å²) >= 11 is -0.693. The van der Waals surface area contributed by atoms with Crippen LogP contribution in [0.5, 0.6) is 0 Å². The summed E-state index contributed by atoms with van der Waals surface area (Å²) in [6.07, 6.45) is -1.55. The minimum Gasteiger partial charge on any atom is -0.396 e. The Hall–Kier alpha value is -0.500. The van der Waals surface area contributed by atoms with E-state index in [-0.39, 0.29) is 16.1 Å². The lowest BCUT2D eigenvalue weighted by molar-refractivity contribution is -0.333. The van der Waals surface area contributed by atoms with Crippen molar-refractivity contribution in [2.45, 2.75) is 12.7 Å². The van der Waals surface area contributed by atoms with Gasteiger partial charge < -0.3 is 14.6 Å². The van der Waals surface area contributed by atoms with E-state index >= 15 is 0 Å². The Balaban J connectivity index is 2.18. The lowest BCUT2D eigenvalue weighted by Crippen LogP contribution is -2.15. The van der Waals surface area contributed by atoms with E-state index in [1.54, 1.807) is 0 Å². The van der Waals surface area contributed by atoms with Gasteiger partial charge in [0.2, 0.25) is 3.77 Å². The molecule has 3 nitrogen and oxygen atoms in total. The molecule has 0 amide bonds. The predicted molar refractivity (Wildman–Crippen MR) is 54.0 cm³/mol. The first-order valence-electron chi connectivity index (χ1n) is 3.89. The van der Waals surface area contributed by atoms with Gasteiger partial charge in [0.05, 0.1) is 0 Å². The molecule has 0 saturated heterocycles. The van der Waals surface area contributed by atoms with Crippen LogP contribution < -0.4 is 0 Å². The van der Waals surface area contributed by atoms with Crippen LogP contribution in [0.1, 0.15) is 6.42 Å². The highest BCUT2D eigenvalue weighted by atomic mass is 127. The fourth-order valence-electron chi connectivity index (χ4n) is 1.08. The number of aliphatic hydroxyl groups is 1. The average molecular weight is 316 g/mol. The zero-order valence-corrected chi connectivity index (χ0v) is 9.12. The van der Waals surface area contributed by atoms with Gasteiger partial charge >= 0.3 is 6.29 Å². The third-order valence-electron chi connectivity index (χ3n) is 1.64. The Labute approximate surface area is 88.8 Å². The second-order valence-electron chi connectivity index (χ2n) is 2.72. The molecule has 6 heteroatoms. The standard InChI is InChI=1S/C8H7F2IO3/c9-8(10)13-6-3-5(1-2-12)4-11-7(6)14-8/h3-4,12H,1-2H2. The molecule has 0 bridgehead atoms. The van der Waals surface area contributed by atoms with Gasteiger partial charge in [-0.25, -0.2) is 0 Å². The number of alkyl halides is 2. The van der Waals surface area contributed by atoms with Crippen molar-refractivity contribution in [3.8, 4) is 0 Å². The van der Waals surface area contributed by atoms with Crippen LogP contribution in [0.25, 0.3) is 0 Å². The Morgan fingerprint density at radius 3 is 2.93 bits per heavy atom. The van der Waals surface area contributed by atoms with Crippen LogP contribution in [0.3, 0.4) is 0 Å². The van der Waals surface area contributed by atoms with E-state index in [1.165, 1.54) is 6.08 Å². The third kappa shape index (κ3) is 1.95. The smallest absolute Gasteiger partial charge is 0.396 e. The van der Waals surface area contributed by atoms with Crippen LogP contribution in [-0.4, -0.2) is 22.0 Å². The minimum absolute atomic E-state index is 0.00589. The Morgan fingerprint density at radius 2 is 2.21 bits per heavy atom. The maximum atomic E-state index is 12.6. The summed E-state index contributed by atoms with van der Waals surface area (Å²) in [5.41, 5.74) is 0.834.